The number of aryl methyl sites for hydroxylation is 2. The number of hydrogen-bond acceptors (Lipinski definition) is 0. The Morgan fingerprint density at radius 1 is 0.833 bits per heavy atom. The van der Waals surface area contributed by atoms with E-state index in [1.54, 1.807) is 0 Å². The molecule has 0 radical (unpaired) electrons. The molecule has 3 rings (SSSR count). The monoisotopic (exact) mass is 316 g/mol. The highest BCUT2D eigenvalue weighted by Crippen LogP contribution is 2.41. The molecule has 1 aliphatic carbocycles. The highest BCUT2D eigenvalue weighted by atomic mass is 14.3. The average molecular weight is 316 g/mol. The Bertz CT molecular complexity index is 738. The van der Waals surface area contributed by atoms with Crippen molar-refractivity contribution in [1.82, 2.24) is 0 Å². The Labute approximate surface area is 146 Å². The Morgan fingerprint density at radius 3 is 1.79 bits per heavy atom. The summed E-state index contributed by atoms with van der Waals surface area (Å²) in [6, 6.07) is 17.9. The molecule has 0 bridgehead atoms. The third-order valence-corrected chi connectivity index (χ3v) is 4.92. The number of benzene rings is 2. The van der Waals surface area contributed by atoms with E-state index < -0.39 is 0 Å². The van der Waals surface area contributed by atoms with Crippen LogP contribution >= 0.6 is 0 Å². The summed E-state index contributed by atoms with van der Waals surface area (Å²) in [7, 11) is 0. The van der Waals surface area contributed by atoms with Crippen molar-refractivity contribution in [2.24, 2.45) is 11.3 Å². The Morgan fingerprint density at radius 2 is 1.38 bits per heavy atom. The summed E-state index contributed by atoms with van der Waals surface area (Å²) in [5.41, 5.74) is 7.11. The second kappa shape index (κ2) is 6.43. The lowest BCUT2D eigenvalue weighted by Crippen LogP contribution is -2.11. The number of allylic oxidation sites excluding steroid dienone is 4. The van der Waals surface area contributed by atoms with Gasteiger partial charge in [-0.25, -0.2) is 0 Å². The maximum Gasteiger partial charge on any atom is 0.0187 e. The molecule has 0 N–H and O–H groups in total. The molecule has 0 spiro atoms. The van der Waals surface area contributed by atoms with Crippen molar-refractivity contribution in [2.45, 2.75) is 40.5 Å². The summed E-state index contributed by atoms with van der Waals surface area (Å²) < 4.78 is 0. The van der Waals surface area contributed by atoms with E-state index in [0.29, 0.717) is 11.8 Å². The van der Waals surface area contributed by atoms with E-state index in [9.17, 15) is 0 Å². The second-order valence-corrected chi connectivity index (χ2v) is 8.11. The lowest BCUT2D eigenvalue weighted by Gasteiger charge is -2.24. The molecule has 0 heteroatoms. The van der Waals surface area contributed by atoms with Gasteiger partial charge in [0.25, 0.3) is 0 Å². The first kappa shape index (κ1) is 16.8. The minimum Gasteiger partial charge on any atom is -0.0764 e. The van der Waals surface area contributed by atoms with Gasteiger partial charge in [-0.15, -0.1) is 0 Å². The SMILES string of the molecule is Cc1cccc(C(c2cccc(C)c2)C2C=CC(C(C)(C)C)=C2)c1. The smallest absolute Gasteiger partial charge is 0.0187 e. The standard InChI is InChI=1S/C24H28/c1-17-8-6-10-19(14-17)23(20-11-7-9-18(2)15-20)21-12-13-22(16-21)24(3,4)5/h6-16,21,23H,1-5H3. The van der Waals surface area contributed by atoms with Crippen LogP contribution in [-0.4, -0.2) is 0 Å². The predicted molar refractivity (Wildman–Crippen MR) is 104 cm³/mol. The van der Waals surface area contributed by atoms with Crippen LogP contribution in [0, 0.1) is 25.2 Å². The van der Waals surface area contributed by atoms with E-state index in [0.717, 1.165) is 0 Å². The van der Waals surface area contributed by atoms with Gasteiger partial charge in [-0.2, -0.15) is 0 Å². The third-order valence-electron chi connectivity index (χ3n) is 4.92. The molecule has 0 nitrogen and oxygen atoms in total. The number of rotatable bonds is 3. The molecule has 24 heavy (non-hydrogen) atoms. The molecule has 0 saturated heterocycles. The molecule has 2 aromatic carbocycles. The first-order chi connectivity index (χ1) is 11.3. The third kappa shape index (κ3) is 3.53. The van der Waals surface area contributed by atoms with Crippen molar-refractivity contribution in [3.05, 3.63) is 94.6 Å². The Kier molecular flexibility index (Phi) is 4.49. The van der Waals surface area contributed by atoms with Gasteiger partial charge >= 0.3 is 0 Å². The van der Waals surface area contributed by atoms with E-state index >= 15 is 0 Å². The minimum absolute atomic E-state index is 0.203. The fraction of sp³-hybridized carbons (Fsp3) is 0.333. The van der Waals surface area contributed by atoms with Gasteiger partial charge < -0.3 is 0 Å². The van der Waals surface area contributed by atoms with Gasteiger partial charge in [0, 0.05) is 11.8 Å². The van der Waals surface area contributed by atoms with Gasteiger partial charge in [-0.3, -0.25) is 0 Å². The molecule has 1 aliphatic rings. The van der Waals surface area contributed by atoms with Crippen molar-refractivity contribution in [2.75, 3.05) is 0 Å². The first-order valence-corrected chi connectivity index (χ1v) is 8.88. The molecule has 2 aromatic rings. The molecule has 0 saturated carbocycles. The molecule has 0 aliphatic heterocycles. The maximum atomic E-state index is 2.47. The van der Waals surface area contributed by atoms with Gasteiger partial charge in [0.2, 0.25) is 0 Å². The highest BCUT2D eigenvalue weighted by Gasteiger charge is 2.27. The van der Waals surface area contributed by atoms with Crippen molar-refractivity contribution >= 4 is 0 Å². The lowest BCUT2D eigenvalue weighted by molar-refractivity contribution is 0.515. The largest absolute Gasteiger partial charge is 0.0764 e. The molecular weight excluding hydrogens is 288 g/mol. The van der Waals surface area contributed by atoms with Crippen molar-refractivity contribution in [3.8, 4) is 0 Å². The average Bonchev–Trinajstić information content (AvgIpc) is 2.97. The van der Waals surface area contributed by atoms with Crippen LogP contribution in [-0.2, 0) is 0 Å². The molecule has 0 amide bonds. The van der Waals surface area contributed by atoms with Crippen LogP contribution in [0.5, 0.6) is 0 Å². The molecule has 1 atom stereocenters. The zero-order valence-corrected chi connectivity index (χ0v) is 15.5. The van der Waals surface area contributed by atoms with Crippen LogP contribution in [0.15, 0.2) is 72.3 Å². The molecule has 0 fully saturated rings. The van der Waals surface area contributed by atoms with Gasteiger partial charge in [0.15, 0.2) is 0 Å². The van der Waals surface area contributed by atoms with E-state index in [1.165, 1.54) is 27.8 Å². The zero-order chi connectivity index (χ0) is 17.3. The van der Waals surface area contributed by atoms with Crippen LogP contribution in [0.2, 0.25) is 0 Å². The summed E-state index contributed by atoms with van der Waals surface area (Å²) in [6.07, 6.45) is 7.18. The van der Waals surface area contributed by atoms with Crippen LogP contribution < -0.4 is 0 Å². The molecule has 1 unspecified atom stereocenters. The fourth-order valence-corrected chi connectivity index (χ4v) is 3.60. The van der Waals surface area contributed by atoms with Gasteiger partial charge in [-0.05, 0) is 36.0 Å². The van der Waals surface area contributed by atoms with Crippen LogP contribution in [0.1, 0.15) is 48.9 Å². The molecule has 0 aromatic heterocycles. The van der Waals surface area contributed by atoms with Crippen molar-refractivity contribution in [1.29, 1.82) is 0 Å². The molecule has 0 heterocycles. The van der Waals surface area contributed by atoms with E-state index in [2.05, 4.69) is 101 Å². The Hall–Kier alpha value is -2.08. The summed E-state index contributed by atoms with van der Waals surface area (Å²) in [6.45, 7) is 11.2. The van der Waals surface area contributed by atoms with Crippen LogP contribution in [0.3, 0.4) is 0 Å². The van der Waals surface area contributed by atoms with E-state index in [-0.39, 0.29) is 5.41 Å². The van der Waals surface area contributed by atoms with Crippen LogP contribution in [0.4, 0.5) is 0 Å². The normalized spacial score (nSPS) is 17.4. The molecule has 124 valence electrons. The van der Waals surface area contributed by atoms with Crippen molar-refractivity contribution < 1.29 is 0 Å². The van der Waals surface area contributed by atoms with Crippen LogP contribution in [0.25, 0.3) is 0 Å². The second-order valence-electron chi connectivity index (χ2n) is 8.11. The summed E-state index contributed by atoms with van der Waals surface area (Å²) in [5.74, 6) is 0.795. The quantitative estimate of drug-likeness (QED) is 0.599. The maximum absolute atomic E-state index is 2.47. The topological polar surface area (TPSA) is 0 Å². The summed E-state index contributed by atoms with van der Waals surface area (Å²) in [5, 5.41) is 0. The number of hydrogen-bond donors (Lipinski definition) is 0. The summed E-state index contributed by atoms with van der Waals surface area (Å²) >= 11 is 0. The zero-order valence-electron chi connectivity index (χ0n) is 15.5. The lowest BCUT2D eigenvalue weighted by atomic mass is 9.79. The van der Waals surface area contributed by atoms with E-state index in [4.69, 9.17) is 0 Å². The molecular formula is C24H28. The van der Waals surface area contributed by atoms with E-state index in [1.807, 2.05) is 0 Å². The van der Waals surface area contributed by atoms with Crippen molar-refractivity contribution in [3.63, 3.8) is 0 Å². The Balaban J connectivity index is 2.07. The highest BCUT2D eigenvalue weighted by molar-refractivity contribution is 5.43. The fourth-order valence-electron chi connectivity index (χ4n) is 3.60. The minimum atomic E-state index is 0.203. The first-order valence-electron chi connectivity index (χ1n) is 8.88. The summed E-state index contributed by atoms with van der Waals surface area (Å²) in [4.78, 5) is 0. The van der Waals surface area contributed by atoms with Gasteiger partial charge in [-0.1, -0.05) is 98.7 Å². The van der Waals surface area contributed by atoms with Gasteiger partial charge in [0.05, 0.1) is 0 Å². The predicted octanol–water partition coefficient (Wildman–Crippen LogP) is 6.59. The van der Waals surface area contributed by atoms with Gasteiger partial charge in [0.1, 0.15) is 0 Å².